The summed E-state index contributed by atoms with van der Waals surface area (Å²) in [7, 11) is 0. The maximum absolute atomic E-state index is 13.0. The second kappa shape index (κ2) is 11.1. The van der Waals surface area contributed by atoms with Crippen molar-refractivity contribution in [2.45, 2.75) is 57.3 Å². The van der Waals surface area contributed by atoms with E-state index in [4.69, 9.17) is 4.74 Å². The zero-order valence-electron chi connectivity index (χ0n) is 22.3. The summed E-state index contributed by atoms with van der Waals surface area (Å²) >= 11 is 0. The highest BCUT2D eigenvalue weighted by Gasteiger charge is 2.40. The van der Waals surface area contributed by atoms with Gasteiger partial charge in [-0.15, -0.1) is 0 Å². The Balaban J connectivity index is 1.03. The number of ether oxygens (including phenoxy) is 1. The quantitative estimate of drug-likeness (QED) is 0.439. The fourth-order valence-electron chi connectivity index (χ4n) is 6.02. The van der Waals surface area contributed by atoms with Crippen LogP contribution in [0.4, 0.5) is 0 Å². The van der Waals surface area contributed by atoms with E-state index >= 15 is 0 Å². The Morgan fingerprint density at radius 1 is 0.875 bits per heavy atom. The fourth-order valence-corrected chi connectivity index (χ4v) is 6.02. The van der Waals surface area contributed by atoms with E-state index in [0.717, 1.165) is 43.6 Å². The summed E-state index contributed by atoms with van der Waals surface area (Å²) < 4.78 is 6.15. The second-order valence-electron chi connectivity index (χ2n) is 10.9. The van der Waals surface area contributed by atoms with Crippen molar-refractivity contribution in [3.05, 3.63) is 94.5 Å². The van der Waals surface area contributed by atoms with Gasteiger partial charge in [-0.05, 0) is 79.2 Å². The van der Waals surface area contributed by atoms with Gasteiger partial charge in [0, 0.05) is 24.1 Å². The first-order valence-corrected chi connectivity index (χ1v) is 13.9. The van der Waals surface area contributed by atoms with Crippen LogP contribution in [-0.4, -0.2) is 51.8 Å². The van der Waals surface area contributed by atoms with Crippen LogP contribution in [0.15, 0.2) is 66.7 Å². The number of aromatic hydroxyl groups is 1. The molecule has 0 aliphatic carbocycles. The van der Waals surface area contributed by atoms with Crippen LogP contribution in [0.1, 0.15) is 64.2 Å². The van der Waals surface area contributed by atoms with E-state index in [2.05, 4.69) is 34.5 Å². The number of carbonyl (C=O) groups excluding carboxylic acids is 3. The van der Waals surface area contributed by atoms with Gasteiger partial charge in [-0.2, -0.15) is 0 Å². The van der Waals surface area contributed by atoms with Crippen LogP contribution in [0.3, 0.4) is 0 Å². The summed E-state index contributed by atoms with van der Waals surface area (Å²) in [5.74, 6) is 0.585. The molecule has 8 nitrogen and oxygen atoms in total. The number of phenolic OH excluding ortho intramolecular Hbond substituents is 1. The van der Waals surface area contributed by atoms with Crippen molar-refractivity contribution in [3.63, 3.8) is 0 Å². The zero-order valence-corrected chi connectivity index (χ0v) is 22.3. The highest BCUT2D eigenvalue weighted by atomic mass is 16.5. The van der Waals surface area contributed by atoms with Crippen molar-refractivity contribution in [3.8, 4) is 11.5 Å². The molecule has 6 rings (SSSR count). The third-order valence-corrected chi connectivity index (χ3v) is 8.31. The normalized spacial score (nSPS) is 19.9. The number of likely N-dealkylation sites (tertiary alicyclic amines) is 1. The van der Waals surface area contributed by atoms with Gasteiger partial charge < -0.3 is 14.7 Å². The molecule has 2 N–H and O–H groups in total. The number of hydrogen-bond acceptors (Lipinski definition) is 6. The molecule has 1 atom stereocenters. The van der Waals surface area contributed by atoms with Gasteiger partial charge in [0.25, 0.3) is 5.91 Å². The number of amides is 3. The summed E-state index contributed by atoms with van der Waals surface area (Å²) in [4.78, 5) is 41.0. The molecule has 3 aromatic carbocycles. The molecule has 206 valence electrons. The Labute approximate surface area is 233 Å². The van der Waals surface area contributed by atoms with Crippen LogP contribution in [0, 0.1) is 0 Å². The van der Waals surface area contributed by atoms with Gasteiger partial charge in [-0.3, -0.25) is 24.6 Å². The number of nitrogens with zero attached hydrogens (tertiary/aromatic N) is 2. The zero-order chi connectivity index (χ0) is 27.6. The Morgan fingerprint density at radius 3 is 2.33 bits per heavy atom. The average Bonchev–Trinajstić information content (AvgIpc) is 3.30. The third kappa shape index (κ3) is 5.45. The van der Waals surface area contributed by atoms with Crippen LogP contribution in [0.25, 0.3) is 0 Å². The second-order valence-corrected chi connectivity index (χ2v) is 10.9. The third-order valence-electron chi connectivity index (χ3n) is 8.31. The molecule has 2 fully saturated rings. The van der Waals surface area contributed by atoms with Crippen molar-refractivity contribution in [1.29, 1.82) is 0 Å². The van der Waals surface area contributed by atoms with Crippen molar-refractivity contribution >= 4 is 17.7 Å². The van der Waals surface area contributed by atoms with Crippen molar-refractivity contribution in [2.75, 3.05) is 13.1 Å². The van der Waals surface area contributed by atoms with Crippen molar-refractivity contribution < 1.29 is 24.2 Å². The number of imide groups is 1. The molecular weight excluding hydrogens is 506 g/mol. The van der Waals surface area contributed by atoms with E-state index in [1.807, 2.05) is 18.2 Å². The minimum atomic E-state index is -0.642. The highest BCUT2D eigenvalue weighted by molar-refractivity contribution is 6.05. The number of hydrogen-bond donors (Lipinski definition) is 2. The molecule has 8 heteroatoms. The summed E-state index contributed by atoms with van der Waals surface area (Å²) in [5, 5.41) is 11.9. The predicted molar refractivity (Wildman–Crippen MR) is 149 cm³/mol. The molecule has 0 aromatic heterocycles. The van der Waals surface area contributed by atoms with Gasteiger partial charge in [0.2, 0.25) is 11.8 Å². The molecule has 0 radical (unpaired) electrons. The van der Waals surface area contributed by atoms with Gasteiger partial charge in [-0.25, -0.2) is 0 Å². The van der Waals surface area contributed by atoms with Crippen LogP contribution < -0.4 is 10.1 Å². The molecule has 1 unspecified atom stereocenters. The molecule has 3 aliphatic rings. The standard InChI is InChI=1S/C32H33N3O5/c36-25-10-8-23(9-11-25)24-14-16-34(17-15-24)18-21-4-6-22(7-5-21)20-40-29-3-1-2-26-27(29)19-35(32(26)39)28-12-13-30(37)33-31(28)38/h1-11,24,28,36H,12-20H2,(H,33,37,38). The number of nitrogens with one attached hydrogen (secondary N) is 1. The monoisotopic (exact) mass is 539 g/mol. The first-order valence-electron chi connectivity index (χ1n) is 13.9. The lowest BCUT2D eigenvalue weighted by molar-refractivity contribution is -0.136. The Hall–Kier alpha value is -4.17. The molecule has 3 aromatic rings. The van der Waals surface area contributed by atoms with E-state index in [1.165, 1.54) is 11.1 Å². The lowest BCUT2D eigenvalue weighted by Gasteiger charge is -2.32. The van der Waals surface area contributed by atoms with Crippen LogP contribution in [-0.2, 0) is 29.3 Å². The Morgan fingerprint density at radius 2 is 1.60 bits per heavy atom. The lowest BCUT2D eigenvalue weighted by Crippen LogP contribution is -2.52. The van der Waals surface area contributed by atoms with E-state index in [0.29, 0.717) is 42.6 Å². The first-order chi connectivity index (χ1) is 19.4. The molecule has 3 aliphatic heterocycles. The van der Waals surface area contributed by atoms with Gasteiger partial charge in [0.1, 0.15) is 24.1 Å². The van der Waals surface area contributed by atoms with Gasteiger partial charge in [0.05, 0.1) is 6.54 Å². The molecule has 40 heavy (non-hydrogen) atoms. The smallest absolute Gasteiger partial charge is 0.255 e. The summed E-state index contributed by atoms with van der Waals surface area (Å²) in [5.41, 5.74) is 4.94. The van der Waals surface area contributed by atoms with Crippen LogP contribution in [0.5, 0.6) is 11.5 Å². The molecule has 3 amide bonds. The number of fused-ring (bicyclic) bond motifs is 1. The summed E-state index contributed by atoms with van der Waals surface area (Å²) in [6.07, 6.45) is 2.79. The first kappa shape index (κ1) is 26.1. The van der Waals surface area contributed by atoms with Gasteiger partial charge in [0.15, 0.2) is 0 Å². The molecule has 0 spiro atoms. The number of phenols is 1. The average molecular weight is 540 g/mol. The fraction of sp³-hybridized carbons (Fsp3) is 0.344. The lowest BCUT2D eigenvalue weighted by atomic mass is 9.89. The number of rotatable bonds is 7. The highest BCUT2D eigenvalue weighted by Crippen LogP contribution is 2.34. The topological polar surface area (TPSA) is 99.2 Å². The number of benzene rings is 3. The van der Waals surface area contributed by atoms with Crippen molar-refractivity contribution in [1.82, 2.24) is 15.1 Å². The summed E-state index contributed by atoms with van der Waals surface area (Å²) in [6.45, 7) is 3.67. The molecular formula is C32H33N3O5. The number of carbonyl (C=O) groups is 3. The molecule has 3 heterocycles. The maximum Gasteiger partial charge on any atom is 0.255 e. The minimum Gasteiger partial charge on any atom is -0.508 e. The van der Waals surface area contributed by atoms with E-state index in [9.17, 15) is 19.5 Å². The molecule has 0 bridgehead atoms. The summed E-state index contributed by atoms with van der Waals surface area (Å²) in [6, 6.07) is 20.9. The van der Waals surface area contributed by atoms with E-state index in [-0.39, 0.29) is 18.2 Å². The number of piperidine rings is 2. The van der Waals surface area contributed by atoms with Crippen LogP contribution >= 0.6 is 0 Å². The Kier molecular flexibility index (Phi) is 7.26. The van der Waals surface area contributed by atoms with Gasteiger partial charge >= 0.3 is 0 Å². The SMILES string of the molecule is O=C1CCC(N2Cc3c(OCc4ccc(CN5CCC(c6ccc(O)cc6)CC5)cc4)cccc3C2=O)C(=O)N1. The van der Waals surface area contributed by atoms with Gasteiger partial charge in [-0.1, -0.05) is 42.5 Å². The predicted octanol–water partition coefficient (Wildman–Crippen LogP) is 4.11. The van der Waals surface area contributed by atoms with Crippen molar-refractivity contribution in [2.24, 2.45) is 0 Å². The maximum atomic E-state index is 13.0. The van der Waals surface area contributed by atoms with E-state index in [1.54, 1.807) is 29.2 Å². The Bertz CT molecular complexity index is 1410. The largest absolute Gasteiger partial charge is 0.508 e. The van der Waals surface area contributed by atoms with E-state index < -0.39 is 11.9 Å². The minimum absolute atomic E-state index is 0.202. The molecule has 0 saturated carbocycles. The molecule has 2 saturated heterocycles. The van der Waals surface area contributed by atoms with Crippen LogP contribution in [0.2, 0.25) is 0 Å².